The highest BCUT2D eigenvalue weighted by molar-refractivity contribution is 8.77. The van der Waals surface area contributed by atoms with Crippen molar-refractivity contribution in [1.82, 2.24) is 15.5 Å². The number of hydrogen-bond donors (Lipinski definition) is 5. The molecule has 344 valence electrons. The lowest BCUT2D eigenvalue weighted by Crippen LogP contribution is -2.71. The van der Waals surface area contributed by atoms with Crippen molar-refractivity contribution in [3.05, 3.63) is 86.1 Å². The number of fused-ring (bicyclic) bond motifs is 5. The summed E-state index contributed by atoms with van der Waals surface area (Å²) in [7, 11) is 5.38. The first-order valence-corrected chi connectivity index (χ1v) is 25.4. The quantitative estimate of drug-likeness (QED) is 0.0539. The fraction of sp³-hybridized carbons (Fsp3) is 0.592. The van der Waals surface area contributed by atoms with Gasteiger partial charge >= 0.3 is 11.6 Å². The number of esters is 1. The SMILES string of the molecule is CC=C(C)C(=O)OC1(C)CC=C2CSSC3CC(C=O)C(NC)C4CN(C(=O)CC5=C(C=C(N)NC5)C2C12Cc1cc5cc(C6(C(CO)CCO)CCCCC6)c(=O)oc5cc1O2)C34. The lowest BCUT2D eigenvalue weighted by atomic mass is 9.61. The number of rotatable bonds is 9. The molecule has 1 amide bonds. The molecule has 2 aromatic rings. The molecule has 9 rings (SSSR count). The molecule has 6 N–H and O–H groups in total. The number of amides is 1. The van der Waals surface area contributed by atoms with Crippen LogP contribution in [0.15, 0.2) is 73.8 Å². The Hall–Kier alpha value is -4.02. The fourth-order valence-corrected chi connectivity index (χ4v) is 15.7. The summed E-state index contributed by atoms with van der Waals surface area (Å²) in [4.78, 5) is 57.1. The van der Waals surface area contributed by atoms with Crippen LogP contribution in [0.2, 0.25) is 0 Å². The third kappa shape index (κ3) is 7.36. The lowest BCUT2D eigenvalue weighted by molar-refractivity contribution is -0.186. The Bertz CT molecular complexity index is 2400. The van der Waals surface area contributed by atoms with E-state index in [1.165, 1.54) is 0 Å². The van der Waals surface area contributed by atoms with Crippen LogP contribution in [0, 0.1) is 23.7 Å². The number of aliphatic hydroxyl groups is 2. The van der Waals surface area contributed by atoms with Gasteiger partial charge in [-0.25, -0.2) is 9.59 Å². The van der Waals surface area contributed by atoms with E-state index in [-0.39, 0.29) is 60.6 Å². The Morgan fingerprint density at radius 3 is 2.70 bits per heavy atom. The number of hydrogen-bond acceptors (Lipinski definition) is 14. The van der Waals surface area contributed by atoms with Crippen molar-refractivity contribution in [2.45, 2.75) is 119 Å². The first-order valence-electron chi connectivity index (χ1n) is 23.0. The maximum Gasteiger partial charge on any atom is 0.340 e. The van der Waals surface area contributed by atoms with Gasteiger partial charge in [-0.1, -0.05) is 58.6 Å². The molecule has 1 saturated heterocycles. The molecule has 3 fully saturated rings. The van der Waals surface area contributed by atoms with Gasteiger partial charge in [0.05, 0.1) is 24.2 Å². The minimum atomic E-state index is -1.23. The molecule has 4 aliphatic heterocycles. The number of nitrogens with one attached hydrogen (secondary N) is 2. The molecule has 2 saturated carbocycles. The summed E-state index contributed by atoms with van der Waals surface area (Å²) in [5, 5.41) is 28.1. The van der Waals surface area contributed by atoms with Crippen molar-refractivity contribution in [3.8, 4) is 5.75 Å². The fourth-order valence-electron chi connectivity index (χ4n) is 12.6. The van der Waals surface area contributed by atoms with Crippen molar-refractivity contribution in [2.24, 2.45) is 29.4 Å². The number of carbonyl (C=O) groups excluding carboxylic acids is 3. The summed E-state index contributed by atoms with van der Waals surface area (Å²) >= 11 is 0. The summed E-state index contributed by atoms with van der Waals surface area (Å²) in [6.07, 6.45) is 13.1. The second kappa shape index (κ2) is 17.7. The number of aldehydes is 1. The molecule has 0 bridgehead atoms. The zero-order chi connectivity index (χ0) is 45.1. The molecule has 1 aromatic heterocycles. The maximum absolute atomic E-state index is 14.6. The summed E-state index contributed by atoms with van der Waals surface area (Å²) in [5.74, 6) is 0.376. The van der Waals surface area contributed by atoms with Crippen LogP contribution in [0.1, 0.15) is 89.7 Å². The minimum Gasteiger partial charge on any atom is -0.481 e. The number of nitrogens with two attached hydrogens (primary N) is 1. The van der Waals surface area contributed by atoms with E-state index in [0.717, 1.165) is 53.2 Å². The van der Waals surface area contributed by atoms with E-state index in [9.17, 15) is 29.4 Å². The molecular formula is C49H62N4O9S2. The van der Waals surface area contributed by atoms with E-state index in [1.807, 2.05) is 37.1 Å². The van der Waals surface area contributed by atoms with E-state index < -0.39 is 34.1 Å². The lowest BCUT2D eigenvalue weighted by Gasteiger charge is -2.58. The van der Waals surface area contributed by atoms with E-state index in [0.29, 0.717) is 85.7 Å². The largest absolute Gasteiger partial charge is 0.481 e. The first-order chi connectivity index (χ1) is 30.8. The first kappa shape index (κ1) is 45.1. The van der Waals surface area contributed by atoms with E-state index in [1.54, 1.807) is 47.6 Å². The van der Waals surface area contributed by atoms with Crippen molar-refractivity contribution < 1.29 is 38.5 Å². The highest BCUT2D eigenvalue weighted by Gasteiger charge is 2.64. The molecule has 13 nitrogen and oxygen atoms in total. The van der Waals surface area contributed by atoms with E-state index >= 15 is 0 Å². The zero-order valence-corrected chi connectivity index (χ0v) is 38.9. The van der Waals surface area contributed by atoms with Crippen LogP contribution < -0.4 is 26.7 Å². The van der Waals surface area contributed by atoms with Crippen molar-refractivity contribution in [2.75, 3.05) is 39.1 Å². The molecule has 64 heavy (non-hydrogen) atoms. The van der Waals surface area contributed by atoms with E-state index in [4.69, 9.17) is 19.6 Å². The number of carbonyl (C=O) groups is 3. The van der Waals surface area contributed by atoms with E-state index in [2.05, 4.69) is 16.7 Å². The van der Waals surface area contributed by atoms with Gasteiger partial charge in [0.25, 0.3) is 0 Å². The number of dihydropyridines is 1. The summed E-state index contributed by atoms with van der Waals surface area (Å²) in [6, 6.07) is 5.76. The number of aliphatic hydroxyl groups excluding tert-OH is 2. The van der Waals surface area contributed by atoms with Crippen LogP contribution >= 0.6 is 21.6 Å². The molecule has 0 radical (unpaired) electrons. The third-order valence-electron chi connectivity index (χ3n) is 16.1. The summed E-state index contributed by atoms with van der Waals surface area (Å²) < 4.78 is 20.3. The monoisotopic (exact) mass is 914 g/mol. The van der Waals surface area contributed by atoms with Crippen LogP contribution in [-0.2, 0) is 31.0 Å². The molecule has 5 heterocycles. The Kier molecular flexibility index (Phi) is 12.5. The van der Waals surface area contributed by atoms with Crippen LogP contribution in [0.25, 0.3) is 11.0 Å². The van der Waals surface area contributed by atoms with Gasteiger partial charge in [-0.15, -0.1) is 0 Å². The van der Waals surface area contributed by atoms with Crippen LogP contribution in [-0.4, -0.2) is 101 Å². The van der Waals surface area contributed by atoms with Gasteiger partial charge in [-0.05, 0) is 94.3 Å². The maximum atomic E-state index is 14.6. The molecule has 3 aliphatic carbocycles. The van der Waals surface area contributed by atoms with Gasteiger partial charge in [0, 0.05) is 96.0 Å². The normalized spacial score (nSPS) is 32.8. The van der Waals surface area contributed by atoms with Crippen LogP contribution in [0.5, 0.6) is 5.75 Å². The Morgan fingerprint density at radius 2 is 1.98 bits per heavy atom. The van der Waals surface area contributed by atoms with Gasteiger partial charge in [-0.2, -0.15) is 0 Å². The molecule has 15 heteroatoms. The number of ether oxygens (including phenoxy) is 2. The number of benzene rings is 1. The predicted molar refractivity (Wildman–Crippen MR) is 248 cm³/mol. The second-order valence-corrected chi connectivity index (χ2v) is 22.0. The van der Waals surface area contributed by atoms with Gasteiger partial charge in [0.2, 0.25) is 5.91 Å². The molecule has 9 unspecified atom stereocenters. The van der Waals surface area contributed by atoms with Gasteiger partial charge < -0.3 is 50.2 Å². The molecule has 1 spiro atoms. The van der Waals surface area contributed by atoms with Gasteiger partial charge in [0.1, 0.15) is 17.6 Å². The number of allylic oxidation sites excluding steroid dienone is 2. The van der Waals surface area contributed by atoms with Gasteiger partial charge in [-0.3, -0.25) is 4.79 Å². The molecule has 9 atom stereocenters. The highest BCUT2D eigenvalue weighted by atomic mass is 33.1. The third-order valence-corrected chi connectivity index (χ3v) is 19.0. The highest BCUT2D eigenvalue weighted by Crippen LogP contribution is 2.58. The van der Waals surface area contributed by atoms with Gasteiger partial charge in [0.15, 0.2) is 11.2 Å². The Balaban J connectivity index is 1.18. The topological polar surface area (TPSA) is 194 Å². The Morgan fingerprint density at radius 1 is 1.19 bits per heavy atom. The molecular weight excluding hydrogens is 853 g/mol. The summed E-state index contributed by atoms with van der Waals surface area (Å²) in [5.41, 5.74) is 8.12. The molecule has 1 aromatic carbocycles. The smallest absolute Gasteiger partial charge is 0.340 e. The van der Waals surface area contributed by atoms with Crippen molar-refractivity contribution in [3.63, 3.8) is 0 Å². The zero-order valence-electron chi connectivity index (χ0n) is 37.3. The van der Waals surface area contributed by atoms with Crippen molar-refractivity contribution >= 4 is 50.7 Å². The average molecular weight is 915 g/mol. The minimum absolute atomic E-state index is 0.0129. The Labute approximate surface area is 382 Å². The number of nitrogens with zero attached hydrogens (tertiary/aromatic N) is 1. The van der Waals surface area contributed by atoms with Crippen LogP contribution in [0.4, 0.5) is 0 Å². The van der Waals surface area contributed by atoms with Crippen LogP contribution in [0.3, 0.4) is 0 Å². The molecule has 7 aliphatic rings. The summed E-state index contributed by atoms with van der Waals surface area (Å²) in [6.45, 7) is 6.18. The second-order valence-electron chi connectivity index (χ2n) is 19.4. The van der Waals surface area contributed by atoms with Crippen molar-refractivity contribution in [1.29, 1.82) is 0 Å². The standard InChI is InChI=1S/C49H62N4O9S2/c1-5-27(2)45(58)62-47(3)13-9-28-26-63-64-39-17-32(24-55)43(51-4)35-23-53(44(35)39)41(57)18-31-22-52-40(50)19-34(31)42(28)49(47)21-30-15-29-16-36(46(59)60-37(29)20-38(30)61-49)48(11-7-6-8-12-48)33(25-56)10-14-54/h5,9,15-16,19-20,24,32-33,35,39,42-44,51-52,54,56H,6-8,10-14,17-18,21-23,25-26,50H2,1-4H3. The predicted octanol–water partition coefficient (Wildman–Crippen LogP) is 5.36. The average Bonchev–Trinajstić information content (AvgIpc) is 3.65.